The number of rotatable bonds is 3. The molecule has 0 unspecified atom stereocenters. The van der Waals surface area contributed by atoms with Gasteiger partial charge >= 0.3 is 0 Å². The van der Waals surface area contributed by atoms with Crippen LogP contribution < -0.4 is 4.57 Å². The molecule has 3 nitrogen and oxygen atoms in total. The summed E-state index contributed by atoms with van der Waals surface area (Å²) in [6.45, 7) is 7.85. The molecule has 0 saturated carbocycles. The number of aromatic nitrogens is 1. The van der Waals surface area contributed by atoms with Crippen molar-refractivity contribution in [1.82, 2.24) is 0 Å². The van der Waals surface area contributed by atoms with Crippen LogP contribution in [0.4, 0.5) is 0 Å². The molecule has 0 saturated heterocycles. The average Bonchev–Trinajstić information content (AvgIpc) is 3.21. The molecule has 2 aromatic heterocycles. The third-order valence-electron chi connectivity index (χ3n) is 6.12. The van der Waals surface area contributed by atoms with Crippen molar-refractivity contribution < 1.29 is 11.7 Å². The fourth-order valence-electron chi connectivity index (χ4n) is 4.50. The van der Waals surface area contributed by atoms with Gasteiger partial charge in [-0.3, -0.25) is 0 Å². The lowest BCUT2D eigenvalue weighted by Crippen LogP contribution is -2.30. The van der Waals surface area contributed by atoms with E-state index in [1.807, 2.05) is 70.4 Å². The molecule has 0 radical (unpaired) electrons. The highest BCUT2D eigenvalue weighted by molar-refractivity contribution is 6.10. The summed E-state index contributed by atoms with van der Waals surface area (Å²) >= 11 is 0. The number of fused-ring (bicyclic) bond motifs is 3. The van der Waals surface area contributed by atoms with E-state index in [2.05, 4.69) is 41.8 Å². The molecular formula is C31H29N2O+. The van der Waals surface area contributed by atoms with Crippen molar-refractivity contribution >= 4 is 21.9 Å². The Morgan fingerprint density at radius 1 is 0.941 bits per heavy atom. The van der Waals surface area contributed by atoms with Crippen molar-refractivity contribution in [2.24, 2.45) is 12.5 Å². The number of nitriles is 1. The van der Waals surface area contributed by atoms with Crippen molar-refractivity contribution in [2.45, 2.75) is 34.1 Å². The first kappa shape index (κ1) is 19.6. The van der Waals surface area contributed by atoms with Crippen LogP contribution >= 0.6 is 0 Å². The van der Waals surface area contributed by atoms with Gasteiger partial charge in [-0.15, -0.1) is 0 Å². The molecule has 3 heteroatoms. The number of hydrogen-bond donors (Lipinski definition) is 0. The minimum atomic E-state index is -1.43. The quantitative estimate of drug-likeness (QED) is 0.268. The number of benzene rings is 3. The fraction of sp³-hybridized carbons (Fsp3) is 0.226. The highest BCUT2D eigenvalue weighted by Crippen LogP contribution is 2.38. The van der Waals surface area contributed by atoms with Gasteiger partial charge in [0.1, 0.15) is 18.2 Å². The SMILES string of the molecule is [2H]C([2H])(c1ccc(-c2cc[n+](C)c(-c3c(C)ccc4c3oc3cc(C#N)ccc34)c2)cc1)C(C)(C)C. The average molecular weight is 448 g/mol. The van der Waals surface area contributed by atoms with Crippen LogP contribution in [-0.2, 0) is 13.4 Å². The Hall–Kier alpha value is -3.90. The number of furan rings is 1. The third-order valence-corrected chi connectivity index (χ3v) is 6.12. The second kappa shape index (κ2) is 8.15. The predicted molar refractivity (Wildman–Crippen MR) is 138 cm³/mol. The van der Waals surface area contributed by atoms with Crippen molar-refractivity contribution in [3.63, 3.8) is 0 Å². The van der Waals surface area contributed by atoms with Crippen LogP contribution in [0.25, 0.3) is 44.3 Å². The van der Waals surface area contributed by atoms with Gasteiger partial charge in [0, 0.05) is 25.6 Å². The van der Waals surface area contributed by atoms with Crippen LogP contribution in [0.15, 0.2) is 77.3 Å². The van der Waals surface area contributed by atoms with Gasteiger partial charge in [-0.05, 0) is 59.2 Å². The molecule has 0 N–H and O–H groups in total. The smallest absolute Gasteiger partial charge is 0.216 e. The Labute approximate surface area is 203 Å². The molecule has 0 fully saturated rings. The summed E-state index contributed by atoms with van der Waals surface area (Å²) in [5.74, 6) is 0. The van der Waals surface area contributed by atoms with Gasteiger partial charge in [0.05, 0.1) is 17.2 Å². The zero-order valence-electron chi connectivity index (χ0n) is 22.2. The zero-order chi connectivity index (χ0) is 25.8. The van der Waals surface area contributed by atoms with Crippen molar-refractivity contribution in [2.75, 3.05) is 0 Å². The Morgan fingerprint density at radius 2 is 1.68 bits per heavy atom. The molecule has 0 aliphatic heterocycles. The topological polar surface area (TPSA) is 40.8 Å². The van der Waals surface area contributed by atoms with Crippen molar-refractivity contribution in [1.29, 1.82) is 5.26 Å². The van der Waals surface area contributed by atoms with Gasteiger partial charge in [-0.1, -0.05) is 57.2 Å². The largest absolute Gasteiger partial charge is 0.455 e. The van der Waals surface area contributed by atoms with Gasteiger partial charge in [-0.25, -0.2) is 4.57 Å². The Balaban J connectivity index is 1.65. The van der Waals surface area contributed by atoms with E-state index in [0.29, 0.717) is 16.7 Å². The van der Waals surface area contributed by atoms with Crippen molar-refractivity contribution in [3.05, 3.63) is 89.6 Å². The molecule has 0 aliphatic rings. The number of hydrogen-bond acceptors (Lipinski definition) is 2. The summed E-state index contributed by atoms with van der Waals surface area (Å²) in [5.41, 5.74) is 7.48. The maximum Gasteiger partial charge on any atom is 0.216 e. The summed E-state index contributed by atoms with van der Waals surface area (Å²) in [7, 11) is 2.02. The van der Waals surface area contributed by atoms with Crippen LogP contribution in [0.2, 0.25) is 0 Å². The molecule has 168 valence electrons. The first-order valence-corrected chi connectivity index (χ1v) is 11.5. The lowest BCUT2D eigenvalue weighted by Gasteiger charge is -2.18. The maximum absolute atomic E-state index is 9.31. The molecule has 5 rings (SSSR count). The summed E-state index contributed by atoms with van der Waals surface area (Å²) in [4.78, 5) is 0. The van der Waals surface area contributed by atoms with Gasteiger partial charge < -0.3 is 4.42 Å². The van der Waals surface area contributed by atoms with E-state index in [1.54, 1.807) is 6.07 Å². The van der Waals surface area contributed by atoms with Gasteiger partial charge in [0.15, 0.2) is 6.20 Å². The summed E-state index contributed by atoms with van der Waals surface area (Å²) in [6, 6.07) is 24.0. The molecule has 0 bridgehead atoms. The van der Waals surface area contributed by atoms with E-state index in [1.165, 1.54) is 0 Å². The zero-order valence-corrected chi connectivity index (χ0v) is 20.2. The molecule has 0 amide bonds. The lowest BCUT2D eigenvalue weighted by molar-refractivity contribution is -0.660. The standard InChI is InChI=1S/C31H29N2O/c1-20-6-12-26-25-13-9-22(19-32)16-28(25)34-30(26)29(20)27-17-24(14-15-33(27)5)23-10-7-21(8-11-23)18-31(2,3)4/h6-17H,18H2,1-5H3/q+1/i18D2. The Morgan fingerprint density at radius 3 is 2.38 bits per heavy atom. The van der Waals surface area contributed by atoms with E-state index in [4.69, 9.17) is 7.16 Å². The second-order valence-electron chi connectivity index (χ2n) is 9.92. The molecule has 0 spiro atoms. The second-order valence-corrected chi connectivity index (χ2v) is 9.92. The van der Waals surface area contributed by atoms with Gasteiger partial charge in [0.25, 0.3) is 0 Å². The maximum atomic E-state index is 9.31. The minimum absolute atomic E-state index is 0.501. The van der Waals surface area contributed by atoms with Crippen LogP contribution in [0.5, 0.6) is 0 Å². The summed E-state index contributed by atoms with van der Waals surface area (Å²) in [5, 5.41) is 11.3. The Kier molecular flexibility index (Phi) is 4.69. The van der Waals surface area contributed by atoms with Gasteiger partial charge in [-0.2, -0.15) is 5.26 Å². The predicted octanol–water partition coefficient (Wildman–Crippen LogP) is 7.51. The van der Waals surface area contributed by atoms with E-state index in [-0.39, 0.29) is 0 Å². The molecular weight excluding hydrogens is 416 g/mol. The molecule has 34 heavy (non-hydrogen) atoms. The highest BCUT2D eigenvalue weighted by Gasteiger charge is 2.21. The first-order chi connectivity index (χ1) is 17.0. The van der Waals surface area contributed by atoms with Crippen LogP contribution in [-0.4, -0.2) is 0 Å². The van der Waals surface area contributed by atoms with E-state index in [0.717, 1.165) is 44.3 Å². The third kappa shape index (κ3) is 3.97. The minimum Gasteiger partial charge on any atom is -0.455 e. The van der Waals surface area contributed by atoms with Gasteiger partial charge in [0.2, 0.25) is 5.69 Å². The van der Waals surface area contributed by atoms with E-state index in [9.17, 15) is 5.26 Å². The lowest BCUT2D eigenvalue weighted by atomic mass is 9.87. The summed E-state index contributed by atoms with van der Waals surface area (Å²) in [6.07, 6.45) is 0.612. The molecule has 3 aromatic carbocycles. The number of nitrogens with zero attached hydrogens (tertiary/aromatic N) is 2. The van der Waals surface area contributed by atoms with E-state index < -0.39 is 11.8 Å². The fourth-order valence-corrected chi connectivity index (χ4v) is 4.50. The van der Waals surface area contributed by atoms with Crippen LogP contribution in [0.1, 0.15) is 40.2 Å². The van der Waals surface area contributed by atoms with Crippen LogP contribution in [0.3, 0.4) is 0 Å². The monoisotopic (exact) mass is 447 g/mol. The van der Waals surface area contributed by atoms with Crippen LogP contribution in [0, 0.1) is 23.7 Å². The normalized spacial score (nSPS) is 13.1. The molecule has 5 aromatic rings. The van der Waals surface area contributed by atoms with E-state index >= 15 is 0 Å². The molecule has 0 atom stereocenters. The highest BCUT2D eigenvalue weighted by atomic mass is 16.3. The number of pyridine rings is 1. The Bertz CT molecular complexity index is 1670. The molecule has 2 heterocycles. The number of aryl methyl sites for hydroxylation is 2. The summed E-state index contributed by atoms with van der Waals surface area (Å²) < 4.78 is 25.6. The van der Waals surface area contributed by atoms with Crippen molar-refractivity contribution in [3.8, 4) is 28.5 Å². The molecule has 0 aliphatic carbocycles. The first-order valence-electron chi connectivity index (χ1n) is 12.5.